The van der Waals surface area contributed by atoms with Crippen LogP contribution in [0.3, 0.4) is 0 Å². The van der Waals surface area contributed by atoms with Crippen LogP contribution in [0.4, 0.5) is 0 Å². The summed E-state index contributed by atoms with van der Waals surface area (Å²) in [5, 5.41) is 3.27. The summed E-state index contributed by atoms with van der Waals surface area (Å²) in [6.07, 6.45) is 6.84. The van der Waals surface area contributed by atoms with E-state index in [1.807, 2.05) is 0 Å². The molecule has 3 N–H and O–H groups in total. The summed E-state index contributed by atoms with van der Waals surface area (Å²) < 4.78 is 0. The lowest BCUT2D eigenvalue weighted by Gasteiger charge is -2.27. The highest BCUT2D eigenvalue weighted by molar-refractivity contribution is 14.0. The normalized spacial score (nSPS) is 24.8. The van der Waals surface area contributed by atoms with Crippen LogP contribution in [0, 0.1) is 17.8 Å². The van der Waals surface area contributed by atoms with Crippen molar-refractivity contribution in [2.45, 2.75) is 52.9 Å². The number of rotatable bonds is 5. The van der Waals surface area contributed by atoms with E-state index in [1.54, 1.807) is 0 Å². The molecule has 4 heteroatoms. The smallest absolute Gasteiger partial charge is 0.188 e. The highest BCUT2D eigenvalue weighted by Crippen LogP contribution is 2.29. The van der Waals surface area contributed by atoms with Crippen molar-refractivity contribution in [1.29, 1.82) is 0 Å². The Balaban J connectivity index is 0.00000289. The predicted molar refractivity (Wildman–Crippen MR) is 90.5 cm³/mol. The first-order valence-electron chi connectivity index (χ1n) is 7.15. The van der Waals surface area contributed by atoms with Crippen LogP contribution in [0.5, 0.6) is 0 Å². The van der Waals surface area contributed by atoms with Crippen molar-refractivity contribution in [1.82, 2.24) is 5.32 Å². The van der Waals surface area contributed by atoms with Gasteiger partial charge in [0.25, 0.3) is 0 Å². The molecule has 1 aliphatic carbocycles. The lowest BCUT2D eigenvalue weighted by Crippen LogP contribution is -2.36. The molecule has 1 aliphatic rings. The van der Waals surface area contributed by atoms with Crippen molar-refractivity contribution in [3.63, 3.8) is 0 Å². The molecule has 3 nitrogen and oxygen atoms in total. The van der Waals surface area contributed by atoms with Gasteiger partial charge < -0.3 is 11.1 Å². The molecule has 0 spiro atoms. The second-order valence-corrected chi connectivity index (χ2v) is 5.80. The van der Waals surface area contributed by atoms with Crippen molar-refractivity contribution in [3.8, 4) is 0 Å². The monoisotopic (exact) mass is 367 g/mol. The van der Waals surface area contributed by atoms with E-state index in [0.29, 0.717) is 11.9 Å². The number of hydrogen-bond acceptors (Lipinski definition) is 1. The van der Waals surface area contributed by atoms with Crippen LogP contribution >= 0.6 is 24.0 Å². The number of nitrogens with one attached hydrogen (secondary N) is 1. The average molecular weight is 367 g/mol. The fourth-order valence-corrected chi connectivity index (χ4v) is 2.43. The maximum absolute atomic E-state index is 5.83. The minimum absolute atomic E-state index is 0. The third-order valence-electron chi connectivity index (χ3n) is 3.74. The number of guanidine groups is 1. The van der Waals surface area contributed by atoms with Gasteiger partial charge in [0.2, 0.25) is 0 Å². The van der Waals surface area contributed by atoms with Gasteiger partial charge in [-0.15, -0.1) is 24.0 Å². The van der Waals surface area contributed by atoms with Crippen LogP contribution in [0.1, 0.15) is 52.9 Å². The zero-order valence-electron chi connectivity index (χ0n) is 12.1. The molecule has 1 saturated carbocycles. The maximum atomic E-state index is 5.83. The number of halogens is 1. The standard InChI is InChI=1S/C14H29N3.HI/c1-4-12-5-7-13(8-6-12)10-17-14(15)16-9-11(2)3;/h11-13H,4-10H2,1-3H3,(H3,15,16,17);1H. The van der Waals surface area contributed by atoms with Crippen molar-refractivity contribution in [2.24, 2.45) is 28.5 Å². The Morgan fingerprint density at radius 1 is 1.22 bits per heavy atom. The van der Waals surface area contributed by atoms with E-state index in [9.17, 15) is 0 Å². The minimum atomic E-state index is 0. The second kappa shape index (κ2) is 9.87. The summed E-state index contributed by atoms with van der Waals surface area (Å²) in [4.78, 5) is 4.32. The molecule has 0 aromatic carbocycles. The molecular formula is C14H30IN3. The quantitative estimate of drug-likeness (QED) is 0.445. The van der Waals surface area contributed by atoms with E-state index in [1.165, 1.54) is 32.1 Å². The first-order valence-corrected chi connectivity index (χ1v) is 7.15. The van der Waals surface area contributed by atoms with Crippen LogP contribution in [0.2, 0.25) is 0 Å². The van der Waals surface area contributed by atoms with Gasteiger partial charge in [-0.1, -0.05) is 40.0 Å². The molecule has 0 aliphatic heterocycles. The molecule has 1 rings (SSSR count). The zero-order chi connectivity index (χ0) is 12.7. The zero-order valence-corrected chi connectivity index (χ0v) is 14.4. The molecule has 18 heavy (non-hydrogen) atoms. The van der Waals surface area contributed by atoms with Crippen molar-refractivity contribution in [2.75, 3.05) is 13.1 Å². The lowest BCUT2D eigenvalue weighted by molar-refractivity contribution is 0.269. The summed E-state index contributed by atoms with van der Waals surface area (Å²) in [5.41, 5.74) is 5.83. The lowest BCUT2D eigenvalue weighted by atomic mass is 9.81. The summed E-state index contributed by atoms with van der Waals surface area (Å²) in [7, 11) is 0. The number of hydrogen-bond donors (Lipinski definition) is 2. The molecule has 0 radical (unpaired) electrons. The van der Waals surface area contributed by atoms with Gasteiger partial charge in [-0.25, -0.2) is 0 Å². The largest absolute Gasteiger partial charge is 0.370 e. The molecule has 0 aromatic rings. The molecule has 108 valence electrons. The fraction of sp³-hybridized carbons (Fsp3) is 0.929. The Labute approximate surface area is 129 Å². The number of nitrogens with two attached hydrogens (primary N) is 1. The first kappa shape index (κ1) is 18.0. The third kappa shape index (κ3) is 7.44. The predicted octanol–water partition coefficient (Wildman–Crippen LogP) is 3.38. The molecule has 0 saturated heterocycles. The number of aliphatic imine (C=N–C) groups is 1. The van der Waals surface area contributed by atoms with Gasteiger partial charge in [0.05, 0.1) is 0 Å². The minimum Gasteiger partial charge on any atom is -0.370 e. The van der Waals surface area contributed by atoms with Gasteiger partial charge in [-0.2, -0.15) is 0 Å². The van der Waals surface area contributed by atoms with E-state index in [4.69, 9.17) is 5.73 Å². The van der Waals surface area contributed by atoms with Gasteiger partial charge in [0.1, 0.15) is 0 Å². The Morgan fingerprint density at radius 2 is 1.78 bits per heavy atom. The molecule has 0 bridgehead atoms. The topological polar surface area (TPSA) is 50.4 Å². The van der Waals surface area contributed by atoms with Gasteiger partial charge in [0, 0.05) is 13.1 Å². The summed E-state index contributed by atoms with van der Waals surface area (Å²) in [5.74, 6) is 2.97. The SMILES string of the molecule is CCC1CCC(CNC(N)=NCC(C)C)CC1.I. The van der Waals surface area contributed by atoms with Crippen molar-refractivity contribution < 1.29 is 0 Å². The Kier molecular flexibility index (Phi) is 9.87. The highest BCUT2D eigenvalue weighted by Gasteiger charge is 2.19. The van der Waals surface area contributed by atoms with Gasteiger partial charge in [-0.05, 0) is 30.6 Å². The van der Waals surface area contributed by atoms with Gasteiger partial charge in [-0.3, -0.25) is 4.99 Å². The van der Waals surface area contributed by atoms with E-state index < -0.39 is 0 Å². The van der Waals surface area contributed by atoms with E-state index in [2.05, 4.69) is 31.1 Å². The molecule has 0 amide bonds. The van der Waals surface area contributed by atoms with Crippen LogP contribution in [0.15, 0.2) is 4.99 Å². The Bertz CT molecular complexity index is 233. The fourth-order valence-electron chi connectivity index (χ4n) is 2.43. The molecule has 0 atom stereocenters. The highest BCUT2D eigenvalue weighted by atomic mass is 127. The molecular weight excluding hydrogens is 337 g/mol. The second-order valence-electron chi connectivity index (χ2n) is 5.80. The summed E-state index contributed by atoms with van der Waals surface area (Å²) >= 11 is 0. The summed E-state index contributed by atoms with van der Waals surface area (Å²) in [6.45, 7) is 8.44. The molecule has 0 unspecified atom stereocenters. The van der Waals surface area contributed by atoms with Gasteiger partial charge >= 0.3 is 0 Å². The van der Waals surface area contributed by atoms with Crippen LogP contribution in [-0.4, -0.2) is 19.0 Å². The third-order valence-corrected chi connectivity index (χ3v) is 3.74. The van der Waals surface area contributed by atoms with E-state index >= 15 is 0 Å². The van der Waals surface area contributed by atoms with E-state index in [-0.39, 0.29) is 24.0 Å². The molecule has 0 heterocycles. The van der Waals surface area contributed by atoms with Crippen LogP contribution in [0.25, 0.3) is 0 Å². The molecule has 0 aromatic heterocycles. The molecule has 1 fully saturated rings. The van der Waals surface area contributed by atoms with E-state index in [0.717, 1.165) is 24.9 Å². The average Bonchev–Trinajstić information content (AvgIpc) is 2.34. The van der Waals surface area contributed by atoms with Crippen molar-refractivity contribution in [3.05, 3.63) is 0 Å². The Hall–Kier alpha value is 0. The Morgan fingerprint density at radius 3 is 2.28 bits per heavy atom. The van der Waals surface area contributed by atoms with Gasteiger partial charge in [0.15, 0.2) is 5.96 Å². The van der Waals surface area contributed by atoms with Crippen LogP contribution < -0.4 is 11.1 Å². The van der Waals surface area contributed by atoms with Crippen LogP contribution in [-0.2, 0) is 0 Å². The maximum Gasteiger partial charge on any atom is 0.188 e. The van der Waals surface area contributed by atoms with Crippen molar-refractivity contribution >= 4 is 29.9 Å². The summed E-state index contributed by atoms with van der Waals surface area (Å²) in [6, 6.07) is 0. The first-order chi connectivity index (χ1) is 8.11. The number of nitrogens with zero attached hydrogens (tertiary/aromatic N) is 1.